The van der Waals surface area contributed by atoms with Gasteiger partial charge in [0.15, 0.2) is 5.82 Å². The summed E-state index contributed by atoms with van der Waals surface area (Å²) in [6, 6.07) is 7.87. The number of alkyl halides is 3. The van der Waals surface area contributed by atoms with Crippen molar-refractivity contribution in [3.05, 3.63) is 47.2 Å². The lowest BCUT2D eigenvalue weighted by Crippen LogP contribution is -2.38. The van der Waals surface area contributed by atoms with Gasteiger partial charge in [0.05, 0.1) is 12.1 Å². The minimum atomic E-state index is -4.48. The molecular weight excluding hydrogens is 463 g/mol. The van der Waals surface area contributed by atoms with Gasteiger partial charge in [-0.05, 0) is 33.3 Å². The molecule has 0 saturated carbocycles. The molecule has 0 radical (unpaired) electrons. The second-order valence-corrected chi connectivity index (χ2v) is 9.09. The number of aromatic nitrogens is 4. The first-order valence-corrected chi connectivity index (χ1v) is 10.8. The number of nitrogen functional groups attached to an aromatic ring is 1. The molecule has 188 valence electrons. The number of nitrogens with zero attached hydrogens (tertiary/aromatic N) is 4. The van der Waals surface area contributed by atoms with Crippen LogP contribution in [-0.2, 0) is 23.7 Å². The monoisotopic (exact) mass is 491 g/mol. The van der Waals surface area contributed by atoms with Gasteiger partial charge in [-0.3, -0.25) is 14.3 Å². The maximum Gasteiger partial charge on any atom is 0.399 e. The molecule has 0 bridgehead atoms. The summed E-state index contributed by atoms with van der Waals surface area (Å²) in [5.74, 6) is -0.939. The molecule has 0 atom stereocenters. The van der Waals surface area contributed by atoms with Crippen LogP contribution in [0, 0.1) is 0 Å². The number of hydrogen-bond acceptors (Lipinski definition) is 5. The molecule has 0 saturated heterocycles. The topological polar surface area (TPSA) is 134 Å². The first kappa shape index (κ1) is 25.8. The number of nitrogens with one attached hydrogen (secondary N) is 1. The van der Waals surface area contributed by atoms with Crippen molar-refractivity contribution in [2.24, 2.45) is 12.8 Å². The Morgan fingerprint density at radius 3 is 2.23 bits per heavy atom. The molecule has 12 heteroatoms. The van der Waals surface area contributed by atoms with E-state index in [4.69, 9.17) is 11.5 Å². The standard InChI is InChI=1S/C23H28F3N7O2/c1-12(2)33-20(27)18(21(28)35)19(31-33)14-8-6-13(7-9-14)10-17(34)29-16-11-15(32(5)30-16)22(3,4)23(24,25)26/h6-9,11-12H,10,27H2,1-5H3,(H2,28,35)(H,29,30,34). The van der Waals surface area contributed by atoms with Crippen molar-refractivity contribution in [1.82, 2.24) is 19.6 Å². The largest absolute Gasteiger partial charge is 0.399 e. The molecule has 3 aromatic rings. The highest BCUT2D eigenvalue weighted by Crippen LogP contribution is 2.40. The van der Waals surface area contributed by atoms with E-state index in [2.05, 4.69) is 15.5 Å². The molecule has 2 amide bonds. The predicted octanol–water partition coefficient (Wildman–Crippen LogP) is 3.57. The van der Waals surface area contributed by atoms with E-state index in [1.807, 2.05) is 13.8 Å². The lowest BCUT2D eigenvalue weighted by Gasteiger charge is -2.27. The molecule has 3 rings (SSSR count). The summed E-state index contributed by atoms with van der Waals surface area (Å²) in [7, 11) is 1.39. The van der Waals surface area contributed by atoms with Crippen LogP contribution in [0.5, 0.6) is 0 Å². The number of halogens is 3. The van der Waals surface area contributed by atoms with Gasteiger partial charge in [-0.1, -0.05) is 24.3 Å². The Bertz CT molecular complexity index is 1260. The third-order valence-corrected chi connectivity index (χ3v) is 5.77. The number of rotatable bonds is 7. The molecule has 0 spiro atoms. The molecule has 2 aromatic heterocycles. The Balaban J connectivity index is 1.76. The van der Waals surface area contributed by atoms with Crippen molar-refractivity contribution in [2.45, 2.75) is 51.7 Å². The molecule has 35 heavy (non-hydrogen) atoms. The second kappa shape index (κ2) is 9.08. The minimum absolute atomic E-state index is 0.0299. The average Bonchev–Trinajstić information content (AvgIpc) is 3.27. The summed E-state index contributed by atoms with van der Waals surface area (Å²) in [6.07, 6.45) is -4.52. The van der Waals surface area contributed by atoms with E-state index in [-0.39, 0.29) is 35.4 Å². The molecule has 1 aromatic carbocycles. The Morgan fingerprint density at radius 2 is 1.71 bits per heavy atom. The van der Waals surface area contributed by atoms with Gasteiger partial charge in [-0.2, -0.15) is 23.4 Å². The average molecular weight is 492 g/mol. The van der Waals surface area contributed by atoms with Gasteiger partial charge in [-0.25, -0.2) is 4.68 Å². The lowest BCUT2D eigenvalue weighted by molar-refractivity contribution is -0.182. The van der Waals surface area contributed by atoms with Crippen LogP contribution < -0.4 is 16.8 Å². The fourth-order valence-corrected chi connectivity index (χ4v) is 3.70. The van der Waals surface area contributed by atoms with Crippen molar-refractivity contribution in [2.75, 3.05) is 11.1 Å². The van der Waals surface area contributed by atoms with Crippen molar-refractivity contribution < 1.29 is 22.8 Å². The van der Waals surface area contributed by atoms with Crippen LogP contribution in [0.2, 0.25) is 0 Å². The third kappa shape index (κ3) is 5.00. The highest BCUT2D eigenvalue weighted by Gasteiger charge is 2.50. The van der Waals surface area contributed by atoms with Crippen LogP contribution in [0.25, 0.3) is 11.3 Å². The van der Waals surface area contributed by atoms with Crippen molar-refractivity contribution in [3.63, 3.8) is 0 Å². The van der Waals surface area contributed by atoms with E-state index in [9.17, 15) is 22.8 Å². The van der Waals surface area contributed by atoms with Gasteiger partial charge in [0, 0.05) is 24.7 Å². The van der Waals surface area contributed by atoms with Gasteiger partial charge in [-0.15, -0.1) is 0 Å². The van der Waals surface area contributed by atoms with E-state index in [0.29, 0.717) is 16.8 Å². The van der Waals surface area contributed by atoms with E-state index in [0.717, 1.165) is 18.5 Å². The zero-order valence-corrected chi connectivity index (χ0v) is 20.1. The van der Waals surface area contributed by atoms with Crippen LogP contribution in [0.3, 0.4) is 0 Å². The van der Waals surface area contributed by atoms with Gasteiger partial charge >= 0.3 is 6.18 Å². The zero-order chi connectivity index (χ0) is 26.3. The van der Waals surface area contributed by atoms with Crippen LogP contribution in [0.15, 0.2) is 30.3 Å². The maximum atomic E-state index is 13.4. The van der Waals surface area contributed by atoms with Gasteiger partial charge < -0.3 is 16.8 Å². The lowest BCUT2D eigenvalue weighted by atomic mass is 9.88. The van der Waals surface area contributed by atoms with Crippen molar-refractivity contribution >= 4 is 23.5 Å². The van der Waals surface area contributed by atoms with Crippen LogP contribution in [0.4, 0.5) is 24.8 Å². The minimum Gasteiger partial charge on any atom is -0.383 e. The first-order valence-electron chi connectivity index (χ1n) is 10.8. The van der Waals surface area contributed by atoms with E-state index in [1.54, 1.807) is 24.3 Å². The van der Waals surface area contributed by atoms with Gasteiger partial charge in [0.25, 0.3) is 5.91 Å². The Morgan fingerprint density at radius 1 is 1.11 bits per heavy atom. The van der Waals surface area contributed by atoms with Gasteiger partial charge in [0.1, 0.15) is 22.5 Å². The molecule has 0 aliphatic rings. The summed E-state index contributed by atoms with van der Waals surface area (Å²) < 4.78 is 42.8. The summed E-state index contributed by atoms with van der Waals surface area (Å²) in [4.78, 5) is 24.4. The fraction of sp³-hybridized carbons (Fsp3) is 0.391. The number of primary amides is 1. The van der Waals surface area contributed by atoms with Crippen LogP contribution in [0.1, 0.15) is 55.4 Å². The summed E-state index contributed by atoms with van der Waals surface area (Å²) in [6.45, 7) is 5.85. The van der Waals surface area contributed by atoms with Crippen LogP contribution in [-0.4, -0.2) is 37.6 Å². The molecule has 0 aliphatic heterocycles. The number of amides is 2. The molecule has 0 unspecified atom stereocenters. The number of carbonyl (C=O) groups is 2. The normalized spacial score (nSPS) is 12.3. The number of carbonyl (C=O) groups excluding carboxylic acids is 2. The van der Waals surface area contributed by atoms with Crippen LogP contribution >= 0.6 is 0 Å². The van der Waals surface area contributed by atoms with Crippen molar-refractivity contribution in [1.29, 1.82) is 0 Å². The predicted molar refractivity (Wildman–Crippen MR) is 126 cm³/mol. The zero-order valence-electron chi connectivity index (χ0n) is 20.1. The number of anilines is 2. The fourth-order valence-electron chi connectivity index (χ4n) is 3.70. The van der Waals surface area contributed by atoms with E-state index < -0.39 is 23.4 Å². The number of nitrogens with two attached hydrogens (primary N) is 2. The Kier molecular flexibility index (Phi) is 6.69. The van der Waals surface area contributed by atoms with Gasteiger partial charge in [0.2, 0.25) is 5.91 Å². The quantitative estimate of drug-likeness (QED) is 0.465. The Labute approximate surface area is 200 Å². The number of benzene rings is 1. The first-order chi connectivity index (χ1) is 16.1. The molecular formula is C23H28F3N7O2. The van der Waals surface area contributed by atoms with Crippen molar-refractivity contribution in [3.8, 4) is 11.3 Å². The summed E-state index contributed by atoms with van der Waals surface area (Å²) in [5.41, 5.74) is 11.0. The highest BCUT2D eigenvalue weighted by molar-refractivity contribution is 6.03. The Hall–Kier alpha value is -3.83. The second-order valence-electron chi connectivity index (χ2n) is 9.09. The number of hydrogen-bond donors (Lipinski definition) is 3. The van der Waals surface area contributed by atoms with E-state index >= 15 is 0 Å². The summed E-state index contributed by atoms with van der Waals surface area (Å²) in [5, 5.41) is 10.9. The molecule has 2 heterocycles. The molecule has 0 fully saturated rings. The third-order valence-electron chi connectivity index (χ3n) is 5.77. The van der Waals surface area contributed by atoms with E-state index in [1.165, 1.54) is 17.8 Å². The maximum absolute atomic E-state index is 13.4. The number of aryl methyl sites for hydroxylation is 1. The SMILES string of the molecule is CC(C)n1nc(-c2ccc(CC(=O)Nc3cc(C(C)(C)C(F)(F)F)n(C)n3)cc2)c(C(N)=O)c1N. The highest BCUT2D eigenvalue weighted by atomic mass is 19.4. The summed E-state index contributed by atoms with van der Waals surface area (Å²) >= 11 is 0. The smallest absolute Gasteiger partial charge is 0.383 e. The molecule has 5 N–H and O–H groups in total. The molecule has 0 aliphatic carbocycles. The molecule has 9 nitrogen and oxygen atoms in total.